The van der Waals surface area contributed by atoms with Gasteiger partial charge < -0.3 is 19.1 Å². The van der Waals surface area contributed by atoms with Crippen LogP contribution in [0.15, 0.2) is 58.8 Å². The van der Waals surface area contributed by atoms with Gasteiger partial charge in [0.2, 0.25) is 0 Å². The first-order chi connectivity index (χ1) is 17.4. The lowest BCUT2D eigenvalue weighted by Gasteiger charge is -2.25. The Balaban J connectivity index is 1.80. The van der Waals surface area contributed by atoms with Crippen LogP contribution in [0.4, 0.5) is 4.39 Å². The fraction of sp³-hybridized carbons (Fsp3) is 0.435. The molecule has 3 N–H and O–H groups in total. The first-order valence-corrected chi connectivity index (χ1v) is 12.9. The highest BCUT2D eigenvalue weighted by Crippen LogP contribution is 2.46. The highest BCUT2D eigenvalue weighted by Gasteiger charge is 2.47. The van der Waals surface area contributed by atoms with Crippen molar-refractivity contribution in [3.63, 3.8) is 0 Å². The van der Waals surface area contributed by atoms with Gasteiger partial charge in [-0.05, 0) is 32.9 Å². The molecule has 0 radical (unpaired) electrons. The Morgan fingerprint density at radius 3 is 2.65 bits per heavy atom. The maximum atomic E-state index is 14.9. The van der Waals surface area contributed by atoms with Gasteiger partial charge >= 0.3 is 19.4 Å². The number of halogens is 1. The Bertz CT molecular complexity index is 1270. The molecular weight excluding hydrogens is 512 g/mol. The van der Waals surface area contributed by atoms with Gasteiger partial charge in [-0.2, -0.15) is 5.09 Å². The van der Waals surface area contributed by atoms with Gasteiger partial charge in [0, 0.05) is 11.8 Å². The molecule has 3 rings (SSSR count). The van der Waals surface area contributed by atoms with Crippen molar-refractivity contribution in [1.82, 2.24) is 14.6 Å². The van der Waals surface area contributed by atoms with Crippen LogP contribution in [0.2, 0.25) is 0 Å². The molecule has 1 aliphatic rings. The molecule has 0 aliphatic carbocycles. The molecular formula is C23H29FN3O9P. The number of carbonyl (C=O) groups excluding carboxylic acids is 1. The van der Waals surface area contributed by atoms with Gasteiger partial charge in [0.25, 0.3) is 5.56 Å². The van der Waals surface area contributed by atoms with E-state index in [9.17, 15) is 28.4 Å². The number of carbonyl (C=O) groups is 1. The van der Waals surface area contributed by atoms with Gasteiger partial charge in [-0.15, -0.1) is 6.58 Å². The van der Waals surface area contributed by atoms with Crippen molar-refractivity contribution in [1.29, 1.82) is 0 Å². The predicted octanol–water partition coefficient (Wildman–Crippen LogP) is 1.74. The van der Waals surface area contributed by atoms with Gasteiger partial charge in [-0.3, -0.25) is 18.9 Å². The molecule has 2 aromatic rings. The van der Waals surface area contributed by atoms with Crippen LogP contribution in [0.25, 0.3) is 0 Å². The van der Waals surface area contributed by atoms with E-state index in [2.05, 4.69) is 11.7 Å². The van der Waals surface area contributed by atoms with Gasteiger partial charge in [0.15, 0.2) is 12.4 Å². The summed E-state index contributed by atoms with van der Waals surface area (Å²) in [6.07, 6.45) is -5.04. The third-order valence-corrected chi connectivity index (χ3v) is 6.76. The monoisotopic (exact) mass is 541 g/mol. The van der Waals surface area contributed by atoms with Crippen molar-refractivity contribution in [2.45, 2.75) is 57.5 Å². The van der Waals surface area contributed by atoms with Gasteiger partial charge in [-0.1, -0.05) is 24.3 Å². The molecule has 1 aromatic carbocycles. The number of hydrogen-bond acceptors (Lipinski definition) is 9. The van der Waals surface area contributed by atoms with E-state index < -0.39 is 68.3 Å². The van der Waals surface area contributed by atoms with E-state index in [1.165, 1.54) is 19.1 Å². The number of esters is 1. The fourth-order valence-corrected chi connectivity index (χ4v) is 4.88. The van der Waals surface area contributed by atoms with Gasteiger partial charge in [-0.25, -0.2) is 18.5 Å². The van der Waals surface area contributed by atoms with Crippen molar-refractivity contribution < 1.29 is 37.4 Å². The number of aromatic amines is 1. The van der Waals surface area contributed by atoms with Crippen molar-refractivity contribution in [2.75, 3.05) is 6.61 Å². The molecule has 0 bridgehead atoms. The second-order valence-electron chi connectivity index (χ2n) is 8.50. The topological polar surface area (TPSA) is 158 Å². The molecule has 1 fully saturated rings. The van der Waals surface area contributed by atoms with Crippen molar-refractivity contribution >= 4 is 13.7 Å². The number of aryl methyl sites for hydroxylation is 1. The van der Waals surface area contributed by atoms with Crippen LogP contribution in [0.1, 0.15) is 25.6 Å². The Labute approximate surface area is 211 Å². The molecule has 14 heteroatoms. The summed E-state index contributed by atoms with van der Waals surface area (Å²) in [4.78, 5) is 38.3. The second-order valence-corrected chi connectivity index (χ2v) is 10.2. The minimum Gasteiger partial charge on any atom is -0.462 e. The van der Waals surface area contributed by atoms with E-state index in [4.69, 9.17) is 18.5 Å². The van der Waals surface area contributed by atoms with E-state index in [0.717, 1.165) is 16.8 Å². The SMILES string of the molecule is C=C[C@H](NP(=O)(OC[C@H]1O[C@@H](n2cc(C)c(=O)[nH]c2=O)[C@@H](O)[C@H]1F)Oc1ccccc1)C(=O)OC(C)C. The lowest BCUT2D eigenvalue weighted by Crippen LogP contribution is -2.38. The Morgan fingerprint density at radius 1 is 1.35 bits per heavy atom. The molecule has 1 saturated heterocycles. The number of ether oxygens (including phenoxy) is 2. The summed E-state index contributed by atoms with van der Waals surface area (Å²) in [5, 5.41) is 12.8. The third-order valence-electron chi connectivity index (χ3n) is 5.22. The summed E-state index contributed by atoms with van der Waals surface area (Å²) in [5.41, 5.74) is -1.41. The Hall–Kier alpha value is -3.09. The highest BCUT2D eigenvalue weighted by atomic mass is 31.2. The quantitative estimate of drug-likeness (QED) is 0.217. The third kappa shape index (κ3) is 7.02. The van der Waals surface area contributed by atoms with E-state index in [0.29, 0.717) is 0 Å². The van der Waals surface area contributed by atoms with Crippen LogP contribution in [-0.4, -0.2) is 57.8 Å². The van der Waals surface area contributed by atoms with Crippen LogP contribution in [-0.2, 0) is 23.4 Å². The lowest BCUT2D eigenvalue weighted by atomic mass is 10.1. The number of rotatable bonds is 11. The lowest BCUT2D eigenvalue weighted by molar-refractivity contribution is -0.148. The van der Waals surface area contributed by atoms with Crippen LogP contribution in [0.5, 0.6) is 5.75 Å². The molecule has 1 unspecified atom stereocenters. The Kier molecular flexibility index (Phi) is 9.21. The summed E-state index contributed by atoms with van der Waals surface area (Å²) in [7, 11) is -4.39. The first kappa shape index (κ1) is 28.5. The van der Waals surface area contributed by atoms with E-state index in [1.54, 1.807) is 32.0 Å². The number of aromatic nitrogens is 2. The summed E-state index contributed by atoms with van der Waals surface area (Å²) in [6, 6.07) is 6.59. The number of aliphatic hydroxyl groups is 1. The Morgan fingerprint density at radius 2 is 2.03 bits per heavy atom. The largest absolute Gasteiger partial charge is 0.462 e. The minimum absolute atomic E-state index is 0.121. The van der Waals surface area contributed by atoms with Crippen molar-refractivity contribution in [2.24, 2.45) is 0 Å². The maximum Gasteiger partial charge on any atom is 0.459 e. The van der Waals surface area contributed by atoms with Crippen molar-refractivity contribution in [3.8, 4) is 5.75 Å². The molecule has 1 aromatic heterocycles. The number of hydrogen-bond donors (Lipinski definition) is 3. The molecule has 0 saturated carbocycles. The number of para-hydroxylation sites is 1. The number of aliphatic hydroxyl groups excluding tert-OH is 1. The number of nitrogens with one attached hydrogen (secondary N) is 2. The van der Waals surface area contributed by atoms with Crippen molar-refractivity contribution in [3.05, 3.63) is 75.6 Å². The highest BCUT2D eigenvalue weighted by molar-refractivity contribution is 7.52. The normalized spacial score (nSPS) is 23.8. The number of H-pyrrole nitrogens is 1. The zero-order chi connectivity index (χ0) is 27.3. The second kappa shape index (κ2) is 12.0. The van der Waals surface area contributed by atoms with Crippen LogP contribution in [0.3, 0.4) is 0 Å². The van der Waals surface area contributed by atoms with E-state index in [-0.39, 0.29) is 11.3 Å². The zero-order valence-corrected chi connectivity index (χ0v) is 21.3. The van der Waals surface area contributed by atoms with E-state index in [1.807, 2.05) is 4.98 Å². The molecule has 0 amide bonds. The number of nitrogens with zero attached hydrogens (tertiary/aromatic N) is 1. The zero-order valence-electron chi connectivity index (χ0n) is 20.4. The predicted molar refractivity (Wildman–Crippen MR) is 130 cm³/mol. The van der Waals surface area contributed by atoms with Crippen LogP contribution >= 0.6 is 7.75 Å². The number of benzene rings is 1. The summed E-state index contributed by atoms with van der Waals surface area (Å²) < 4.78 is 51.0. The van der Waals surface area contributed by atoms with E-state index >= 15 is 0 Å². The molecule has 37 heavy (non-hydrogen) atoms. The molecule has 1 aliphatic heterocycles. The fourth-order valence-electron chi connectivity index (χ4n) is 3.41. The average Bonchev–Trinajstić information content (AvgIpc) is 3.12. The summed E-state index contributed by atoms with van der Waals surface area (Å²) in [6.45, 7) is 7.51. The molecule has 12 nitrogen and oxygen atoms in total. The number of alkyl halides is 1. The summed E-state index contributed by atoms with van der Waals surface area (Å²) in [5.74, 6) is -0.676. The molecule has 0 spiro atoms. The minimum atomic E-state index is -4.39. The molecule has 2 heterocycles. The first-order valence-electron chi connectivity index (χ1n) is 11.3. The summed E-state index contributed by atoms with van der Waals surface area (Å²) >= 11 is 0. The molecule has 6 atom stereocenters. The van der Waals surface area contributed by atoms with Crippen LogP contribution < -0.4 is 20.9 Å². The standard InChI is InChI=1S/C23H29FN3O9P/c1-5-16(22(30)34-13(2)3)26-37(32,36-15-9-7-6-8-10-15)33-12-17-18(24)19(28)21(35-17)27-11-14(4)20(29)25-23(27)31/h5-11,13,16-19,21,28H,1,12H2,2-4H3,(H,26,32)(H,25,29,31)/t16-,17+,18-,19-,21+,37?/m0/s1. The molecule has 202 valence electrons. The van der Waals surface area contributed by atoms with Gasteiger partial charge in [0.1, 0.15) is 24.0 Å². The average molecular weight is 541 g/mol. The van der Waals surface area contributed by atoms with Crippen LogP contribution in [0, 0.1) is 6.92 Å². The smallest absolute Gasteiger partial charge is 0.459 e. The van der Waals surface area contributed by atoms with Gasteiger partial charge in [0.05, 0.1) is 12.7 Å². The maximum absolute atomic E-state index is 14.9.